The van der Waals surface area contributed by atoms with E-state index in [2.05, 4.69) is 20.3 Å². The molecule has 2 aromatic rings. The number of carboxylic acid groups (broad SMARTS) is 1. The zero-order chi connectivity index (χ0) is 25.3. The van der Waals surface area contributed by atoms with Gasteiger partial charge in [-0.3, -0.25) is 19.3 Å². The molecule has 2 aliphatic heterocycles. The standard InChI is InChI=1S/C20H19N7O7S/c1-33-25-12(11-7-34-20(22)23-11)16(29)24-13-17(30)27-14(19(31)32)10(8-35-18(13)27)6-26-4-2-9(3-5-26)15(21)28/h2-5,7,13,18H,6,8H2,1H3,(H5-,21,22,23,24,28,29,31,32)/p+1/b25-12+/t13-,18-/m1/s1. The number of hydrogen-bond acceptors (Lipinski definition) is 10. The molecule has 2 atom stereocenters. The van der Waals surface area contributed by atoms with E-state index in [1.807, 2.05) is 0 Å². The quantitative estimate of drug-likeness (QED) is 0.141. The molecule has 0 bridgehead atoms. The highest BCUT2D eigenvalue weighted by atomic mass is 32.2. The third-order valence-corrected chi connectivity index (χ3v) is 6.59. The topological polar surface area (TPSA) is 207 Å². The number of aliphatic carboxylic acids is 1. The van der Waals surface area contributed by atoms with Crippen LogP contribution in [-0.4, -0.2) is 68.7 Å². The Morgan fingerprint density at radius 3 is 2.69 bits per heavy atom. The van der Waals surface area contributed by atoms with Crippen molar-refractivity contribution < 1.29 is 38.1 Å². The largest absolute Gasteiger partial charge is 0.477 e. The first-order chi connectivity index (χ1) is 16.7. The van der Waals surface area contributed by atoms with E-state index in [4.69, 9.17) is 15.9 Å². The molecule has 0 spiro atoms. The molecule has 0 saturated carbocycles. The third kappa shape index (κ3) is 4.52. The molecule has 2 aliphatic rings. The Morgan fingerprint density at radius 1 is 1.40 bits per heavy atom. The number of amides is 3. The van der Waals surface area contributed by atoms with Gasteiger partial charge in [-0.2, -0.15) is 4.98 Å². The summed E-state index contributed by atoms with van der Waals surface area (Å²) in [6.45, 7) is 0.180. The number of oxime groups is 1. The Morgan fingerprint density at radius 2 is 2.11 bits per heavy atom. The Bertz CT molecular complexity index is 1270. The lowest BCUT2D eigenvalue weighted by Crippen LogP contribution is -2.71. The summed E-state index contributed by atoms with van der Waals surface area (Å²) in [5.41, 5.74) is 11.1. The smallest absolute Gasteiger partial charge is 0.352 e. The van der Waals surface area contributed by atoms with Crippen molar-refractivity contribution in [3.8, 4) is 0 Å². The number of carbonyl (C=O) groups is 4. The molecule has 1 saturated heterocycles. The van der Waals surface area contributed by atoms with Crippen LogP contribution < -0.4 is 21.4 Å². The van der Waals surface area contributed by atoms with Gasteiger partial charge in [0.05, 0.1) is 5.56 Å². The van der Waals surface area contributed by atoms with Crippen molar-refractivity contribution in [1.82, 2.24) is 15.2 Å². The molecule has 182 valence electrons. The van der Waals surface area contributed by atoms with Crippen molar-refractivity contribution in [2.24, 2.45) is 10.9 Å². The first-order valence-corrected chi connectivity index (χ1v) is 11.1. The number of β-lactam (4-membered cyclic amide) rings is 1. The van der Waals surface area contributed by atoms with Crippen LogP contribution in [0.3, 0.4) is 0 Å². The Balaban J connectivity index is 1.52. The van der Waals surface area contributed by atoms with Crippen LogP contribution >= 0.6 is 11.8 Å². The van der Waals surface area contributed by atoms with E-state index in [9.17, 15) is 24.3 Å². The van der Waals surface area contributed by atoms with Crippen LogP contribution in [-0.2, 0) is 25.8 Å². The SMILES string of the molecule is CO/N=C(/C(=O)N[C@@H]1C(=O)N2C(C(=O)O)=C(C[n+]3ccc(C(N)=O)cc3)CS[C@H]12)c1coc(N)n1. The minimum absolute atomic E-state index is 0.00885. The molecule has 2 aromatic heterocycles. The number of aromatic nitrogens is 2. The van der Waals surface area contributed by atoms with Gasteiger partial charge in [-0.1, -0.05) is 5.16 Å². The second kappa shape index (κ2) is 9.46. The molecule has 3 amide bonds. The molecule has 1 fully saturated rings. The highest BCUT2D eigenvalue weighted by Gasteiger charge is 2.54. The average Bonchev–Trinajstić information content (AvgIpc) is 3.26. The minimum Gasteiger partial charge on any atom is -0.477 e. The van der Waals surface area contributed by atoms with Gasteiger partial charge in [-0.25, -0.2) is 9.36 Å². The Kier molecular flexibility index (Phi) is 6.42. The van der Waals surface area contributed by atoms with Gasteiger partial charge in [0.25, 0.3) is 17.8 Å². The normalized spacial score (nSPS) is 19.6. The van der Waals surface area contributed by atoms with Crippen LogP contribution in [0.5, 0.6) is 0 Å². The maximum atomic E-state index is 12.9. The van der Waals surface area contributed by atoms with Gasteiger partial charge < -0.3 is 31.1 Å². The van der Waals surface area contributed by atoms with Crippen LogP contribution in [0, 0.1) is 0 Å². The summed E-state index contributed by atoms with van der Waals surface area (Å²) >= 11 is 1.30. The van der Waals surface area contributed by atoms with Crippen LogP contribution in [0.25, 0.3) is 0 Å². The summed E-state index contributed by atoms with van der Waals surface area (Å²) in [6, 6.07) is 1.86. The van der Waals surface area contributed by atoms with Gasteiger partial charge in [0.1, 0.15) is 36.2 Å². The Labute approximate surface area is 201 Å². The van der Waals surface area contributed by atoms with E-state index in [1.54, 1.807) is 17.0 Å². The average molecular weight is 502 g/mol. The summed E-state index contributed by atoms with van der Waals surface area (Å²) in [5.74, 6) is -2.90. The highest BCUT2D eigenvalue weighted by molar-refractivity contribution is 8.00. The first kappa shape index (κ1) is 23.7. The second-order valence-corrected chi connectivity index (χ2v) is 8.54. The van der Waals surface area contributed by atoms with Crippen molar-refractivity contribution in [2.45, 2.75) is 18.0 Å². The van der Waals surface area contributed by atoms with Gasteiger partial charge in [0.15, 0.2) is 24.7 Å². The molecule has 0 aliphatic carbocycles. The number of hydrogen-bond donors (Lipinski definition) is 4. The highest BCUT2D eigenvalue weighted by Crippen LogP contribution is 2.40. The fourth-order valence-corrected chi connectivity index (χ4v) is 4.99. The number of oxazole rings is 1. The fourth-order valence-electron chi connectivity index (χ4n) is 3.65. The maximum absolute atomic E-state index is 12.9. The summed E-state index contributed by atoms with van der Waals surface area (Å²) in [5, 5.41) is 15.4. The predicted molar refractivity (Wildman–Crippen MR) is 119 cm³/mol. The number of nitrogens with one attached hydrogen (secondary N) is 1. The summed E-state index contributed by atoms with van der Waals surface area (Å²) in [4.78, 5) is 58.7. The lowest BCUT2D eigenvalue weighted by Gasteiger charge is -2.49. The third-order valence-electron chi connectivity index (χ3n) is 5.25. The molecule has 14 nitrogen and oxygen atoms in total. The van der Waals surface area contributed by atoms with E-state index < -0.39 is 35.1 Å². The number of anilines is 1. The molecule has 4 rings (SSSR count). The van der Waals surface area contributed by atoms with Crippen molar-refractivity contribution in [3.05, 3.63) is 53.3 Å². The van der Waals surface area contributed by atoms with Gasteiger partial charge >= 0.3 is 5.97 Å². The second-order valence-electron chi connectivity index (χ2n) is 7.44. The molecule has 4 heterocycles. The predicted octanol–water partition coefficient (Wildman–Crippen LogP) is -1.57. The number of nitrogens with zero attached hydrogens (tertiary/aromatic N) is 4. The van der Waals surface area contributed by atoms with Gasteiger partial charge in [0.2, 0.25) is 5.91 Å². The molecule has 15 heteroatoms. The van der Waals surface area contributed by atoms with Gasteiger partial charge in [-0.15, -0.1) is 11.8 Å². The number of pyridine rings is 1. The maximum Gasteiger partial charge on any atom is 0.352 e. The monoisotopic (exact) mass is 502 g/mol. The van der Waals surface area contributed by atoms with E-state index in [1.165, 1.54) is 31.0 Å². The number of nitrogens with two attached hydrogens (primary N) is 2. The van der Waals surface area contributed by atoms with Crippen molar-refractivity contribution in [3.63, 3.8) is 0 Å². The van der Waals surface area contributed by atoms with E-state index in [0.29, 0.717) is 16.9 Å². The number of carboxylic acids is 1. The zero-order valence-electron chi connectivity index (χ0n) is 18.2. The van der Waals surface area contributed by atoms with Crippen molar-refractivity contribution in [2.75, 3.05) is 18.6 Å². The molecule has 0 radical (unpaired) electrons. The molecule has 0 aromatic carbocycles. The number of fused-ring (bicyclic) bond motifs is 1. The fraction of sp³-hybridized carbons (Fsp3) is 0.250. The molecular formula is C20H20N7O7S+. The van der Waals surface area contributed by atoms with Gasteiger partial charge in [-0.05, 0) is 0 Å². The molecular weight excluding hydrogens is 482 g/mol. The molecule has 6 N–H and O–H groups in total. The number of thioether (sulfide) groups is 1. The minimum atomic E-state index is -1.27. The number of carbonyl (C=O) groups excluding carboxylic acids is 3. The van der Waals surface area contributed by atoms with Crippen molar-refractivity contribution >= 4 is 47.2 Å². The summed E-state index contributed by atoms with van der Waals surface area (Å²) < 4.78 is 6.56. The van der Waals surface area contributed by atoms with E-state index in [-0.39, 0.29) is 29.7 Å². The van der Waals surface area contributed by atoms with Crippen LogP contribution in [0.2, 0.25) is 0 Å². The summed E-state index contributed by atoms with van der Waals surface area (Å²) in [6.07, 6.45) is 4.30. The van der Waals surface area contributed by atoms with Crippen LogP contribution in [0.4, 0.5) is 6.01 Å². The lowest BCUT2D eigenvalue weighted by atomic mass is 10.0. The van der Waals surface area contributed by atoms with E-state index >= 15 is 0 Å². The van der Waals surface area contributed by atoms with E-state index in [0.717, 1.165) is 11.2 Å². The van der Waals surface area contributed by atoms with Gasteiger partial charge in [0, 0.05) is 23.5 Å². The Hall–Kier alpha value is -4.40. The number of nitrogen functional groups attached to an aromatic ring is 1. The summed E-state index contributed by atoms with van der Waals surface area (Å²) in [7, 11) is 1.23. The molecule has 35 heavy (non-hydrogen) atoms. The lowest BCUT2D eigenvalue weighted by molar-refractivity contribution is -0.689. The number of rotatable bonds is 8. The zero-order valence-corrected chi connectivity index (χ0v) is 19.0. The van der Waals surface area contributed by atoms with Crippen molar-refractivity contribution in [1.29, 1.82) is 0 Å². The van der Waals surface area contributed by atoms with Crippen LogP contribution in [0.1, 0.15) is 16.1 Å². The molecule has 0 unspecified atom stereocenters. The number of primary amides is 1. The first-order valence-electron chi connectivity index (χ1n) is 10.0. The van der Waals surface area contributed by atoms with Crippen LogP contribution in [0.15, 0.2) is 51.6 Å².